The lowest BCUT2D eigenvalue weighted by molar-refractivity contribution is -0.132. The summed E-state index contributed by atoms with van der Waals surface area (Å²) in [6.07, 6.45) is 1.43. The van der Waals surface area contributed by atoms with E-state index in [4.69, 9.17) is 0 Å². The Hall–Kier alpha value is -1.89. The van der Waals surface area contributed by atoms with Crippen LogP contribution in [0.2, 0.25) is 0 Å². The lowest BCUT2D eigenvalue weighted by atomic mass is 10.1. The largest absolute Gasteiger partial charge is 0.339 e. The van der Waals surface area contributed by atoms with E-state index in [1.807, 2.05) is 4.90 Å². The molecule has 1 fully saturated rings. The van der Waals surface area contributed by atoms with Crippen molar-refractivity contribution in [3.05, 3.63) is 29.8 Å². The van der Waals surface area contributed by atoms with Crippen LogP contribution in [0.15, 0.2) is 29.2 Å². The van der Waals surface area contributed by atoms with Crippen molar-refractivity contribution in [3.63, 3.8) is 0 Å². The zero-order valence-electron chi connectivity index (χ0n) is 15.8. The average molecular weight is 381 g/mol. The Morgan fingerprint density at radius 2 is 1.54 bits per heavy atom. The minimum atomic E-state index is -3.26. The van der Waals surface area contributed by atoms with Crippen LogP contribution in [0.4, 0.5) is 0 Å². The molecular weight excluding hydrogens is 352 g/mol. The number of rotatable bonds is 6. The summed E-state index contributed by atoms with van der Waals surface area (Å²) >= 11 is 0. The van der Waals surface area contributed by atoms with E-state index in [1.165, 1.54) is 12.1 Å². The molecule has 0 aromatic heterocycles. The minimum absolute atomic E-state index is 0.0348. The minimum Gasteiger partial charge on any atom is -0.339 e. The van der Waals surface area contributed by atoms with Gasteiger partial charge in [0.1, 0.15) is 0 Å². The average Bonchev–Trinajstić information content (AvgIpc) is 2.65. The molecule has 144 valence electrons. The van der Waals surface area contributed by atoms with Crippen LogP contribution >= 0.6 is 0 Å². The summed E-state index contributed by atoms with van der Waals surface area (Å²) in [5.41, 5.74) is 0.472. The SMILES string of the molecule is CCS(=O)(=O)c1ccc(C(=O)N2CCN(C(=O)CCC(C)C)CC2)cc1. The van der Waals surface area contributed by atoms with Gasteiger partial charge in [0.25, 0.3) is 5.91 Å². The highest BCUT2D eigenvalue weighted by Gasteiger charge is 2.25. The fourth-order valence-electron chi connectivity index (χ4n) is 2.88. The Balaban J connectivity index is 1.93. The van der Waals surface area contributed by atoms with E-state index in [1.54, 1.807) is 24.0 Å². The summed E-state index contributed by atoms with van der Waals surface area (Å²) in [5.74, 6) is 0.563. The lowest BCUT2D eigenvalue weighted by Crippen LogP contribution is -2.50. The third kappa shape index (κ3) is 5.06. The molecule has 0 aliphatic carbocycles. The molecule has 26 heavy (non-hydrogen) atoms. The highest BCUT2D eigenvalue weighted by molar-refractivity contribution is 7.91. The summed E-state index contributed by atoms with van der Waals surface area (Å²) in [6, 6.07) is 6.09. The van der Waals surface area contributed by atoms with E-state index >= 15 is 0 Å². The molecule has 0 bridgehead atoms. The van der Waals surface area contributed by atoms with Crippen molar-refractivity contribution in [3.8, 4) is 0 Å². The standard InChI is InChI=1S/C19H28N2O4S/c1-4-26(24,25)17-8-6-16(7-9-17)19(23)21-13-11-20(12-14-21)18(22)10-5-15(2)3/h6-9,15H,4-5,10-14H2,1-3H3. The van der Waals surface area contributed by atoms with Crippen LogP contribution in [0.1, 0.15) is 44.0 Å². The number of benzene rings is 1. The summed E-state index contributed by atoms with van der Waals surface area (Å²) < 4.78 is 23.7. The topological polar surface area (TPSA) is 74.8 Å². The summed E-state index contributed by atoms with van der Waals surface area (Å²) in [6.45, 7) is 7.89. The molecule has 1 aromatic rings. The molecular formula is C19H28N2O4S. The second-order valence-corrected chi connectivity index (χ2v) is 9.31. The Bertz CT molecular complexity index is 733. The molecule has 6 nitrogen and oxygen atoms in total. The number of amides is 2. The molecule has 0 atom stereocenters. The van der Waals surface area contributed by atoms with Gasteiger partial charge in [-0.2, -0.15) is 0 Å². The number of sulfone groups is 1. The Kier molecular flexibility index (Phi) is 6.81. The highest BCUT2D eigenvalue weighted by atomic mass is 32.2. The van der Waals surface area contributed by atoms with E-state index in [9.17, 15) is 18.0 Å². The Labute approximate surface area is 156 Å². The molecule has 0 radical (unpaired) electrons. The van der Waals surface area contributed by atoms with E-state index in [0.717, 1.165) is 6.42 Å². The number of hydrogen-bond donors (Lipinski definition) is 0. The van der Waals surface area contributed by atoms with Crippen LogP contribution in [-0.4, -0.2) is 62.0 Å². The monoisotopic (exact) mass is 380 g/mol. The third-order valence-electron chi connectivity index (χ3n) is 4.70. The number of hydrogen-bond acceptors (Lipinski definition) is 4. The predicted octanol–water partition coefficient (Wildman–Crippen LogP) is 2.20. The number of piperazine rings is 1. The van der Waals surface area contributed by atoms with Gasteiger partial charge in [0.15, 0.2) is 9.84 Å². The van der Waals surface area contributed by atoms with Gasteiger partial charge in [-0.1, -0.05) is 20.8 Å². The van der Waals surface area contributed by atoms with Crippen molar-refractivity contribution >= 4 is 21.7 Å². The van der Waals surface area contributed by atoms with Crippen LogP contribution in [0.5, 0.6) is 0 Å². The van der Waals surface area contributed by atoms with E-state index in [0.29, 0.717) is 44.1 Å². The van der Waals surface area contributed by atoms with Crippen molar-refractivity contribution in [2.24, 2.45) is 5.92 Å². The van der Waals surface area contributed by atoms with Gasteiger partial charge in [0.2, 0.25) is 5.91 Å². The first-order valence-corrected chi connectivity index (χ1v) is 10.8. The van der Waals surface area contributed by atoms with E-state index in [-0.39, 0.29) is 22.5 Å². The first kappa shape index (κ1) is 20.4. The smallest absolute Gasteiger partial charge is 0.253 e. The molecule has 0 spiro atoms. The molecule has 0 saturated carbocycles. The molecule has 1 heterocycles. The molecule has 2 rings (SSSR count). The fraction of sp³-hybridized carbons (Fsp3) is 0.579. The molecule has 1 aliphatic rings. The van der Waals surface area contributed by atoms with Gasteiger partial charge in [-0.25, -0.2) is 8.42 Å². The van der Waals surface area contributed by atoms with Crippen LogP contribution in [0.25, 0.3) is 0 Å². The maximum atomic E-state index is 12.6. The van der Waals surface area contributed by atoms with Crippen molar-refractivity contribution in [1.82, 2.24) is 9.80 Å². The molecule has 1 aromatic carbocycles. The van der Waals surface area contributed by atoms with Gasteiger partial charge < -0.3 is 9.80 Å². The lowest BCUT2D eigenvalue weighted by Gasteiger charge is -2.35. The van der Waals surface area contributed by atoms with Gasteiger partial charge in [-0.3, -0.25) is 9.59 Å². The van der Waals surface area contributed by atoms with Gasteiger partial charge in [-0.05, 0) is 36.6 Å². The zero-order valence-corrected chi connectivity index (χ0v) is 16.6. The molecule has 7 heteroatoms. The molecule has 0 N–H and O–H groups in total. The zero-order chi connectivity index (χ0) is 19.3. The molecule has 2 amide bonds. The second kappa shape index (κ2) is 8.66. The van der Waals surface area contributed by atoms with Gasteiger partial charge in [0, 0.05) is 38.2 Å². The summed E-state index contributed by atoms with van der Waals surface area (Å²) in [5, 5.41) is 0. The van der Waals surface area contributed by atoms with Crippen LogP contribution < -0.4 is 0 Å². The number of nitrogens with zero attached hydrogens (tertiary/aromatic N) is 2. The summed E-state index contributed by atoms with van der Waals surface area (Å²) in [4.78, 5) is 28.5. The third-order valence-corrected chi connectivity index (χ3v) is 6.45. The summed E-state index contributed by atoms with van der Waals surface area (Å²) in [7, 11) is -3.26. The normalized spacial score (nSPS) is 15.4. The van der Waals surface area contributed by atoms with Crippen molar-refractivity contribution in [2.45, 2.75) is 38.5 Å². The predicted molar refractivity (Wildman–Crippen MR) is 101 cm³/mol. The Morgan fingerprint density at radius 1 is 1.00 bits per heavy atom. The van der Waals surface area contributed by atoms with Gasteiger partial charge in [-0.15, -0.1) is 0 Å². The maximum Gasteiger partial charge on any atom is 0.253 e. The molecule has 0 unspecified atom stereocenters. The van der Waals surface area contributed by atoms with Crippen LogP contribution in [-0.2, 0) is 14.6 Å². The quantitative estimate of drug-likeness (QED) is 0.758. The first-order valence-electron chi connectivity index (χ1n) is 9.14. The number of carbonyl (C=O) groups is 2. The molecule has 1 aliphatic heterocycles. The van der Waals surface area contributed by atoms with Crippen LogP contribution in [0, 0.1) is 5.92 Å². The Morgan fingerprint density at radius 3 is 2.04 bits per heavy atom. The van der Waals surface area contributed by atoms with E-state index in [2.05, 4.69) is 13.8 Å². The van der Waals surface area contributed by atoms with Gasteiger partial charge in [0.05, 0.1) is 10.6 Å². The van der Waals surface area contributed by atoms with Crippen molar-refractivity contribution in [1.29, 1.82) is 0 Å². The van der Waals surface area contributed by atoms with E-state index < -0.39 is 9.84 Å². The van der Waals surface area contributed by atoms with Crippen molar-refractivity contribution < 1.29 is 18.0 Å². The highest BCUT2D eigenvalue weighted by Crippen LogP contribution is 2.15. The first-order chi connectivity index (χ1) is 12.2. The number of carbonyl (C=O) groups excluding carboxylic acids is 2. The van der Waals surface area contributed by atoms with Crippen LogP contribution in [0.3, 0.4) is 0 Å². The second-order valence-electron chi connectivity index (χ2n) is 7.03. The van der Waals surface area contributed by atoms with Crippen molar-refractivity contribution in [2.75, 3.05) is 31.9 Å². The maximum absolute atomic E-state index is 12.6. The van der Waals surface area contributed by atoms with Gasteiger partial charge >= 0.3 is 0 Å². The molecule has 1 saturated heterocycles. The fourth-order valence-corrected chi connectivity index (χ4v) is 3.77.